The fourth-order valence-corrected chi connectivity index (χ4v) is 6.39. The van der Waals surface area contributed by atoms with Gasteiger partial charge in [-0.3, -0.25) is 13.8 Å². The van der Waals surface area contributed by atoms with Gasteiger partial charge in [0.25, 0.3) is 0 Å². The Morgan fingerprint density at radius 1 is 0.554 bits per heavy atom. The highest BCUT2D eigenvalue weighted by atomic mass is 31.2. The number of allylic oxidation sites excluding steroid dienone is 13. The summed E-state index contributed by atoms with van der Waals surface area (Å²) in [6, 6.07) is 0. The van der Waals surface area contributed by atoms with Crippen LogP contribution < -0.4 is 5.73 Å². The second kappa shape index (κ2) is 43.8. The van der Waals surface area contributed by atoms with Crippen molar-refractivity contribution in [2.24, 2.45) is 5.73 Å². The number of esters is 1. The number of hydrogen-bond acceptors (Lipinski definition) is 7. The van der Waals surface area contributed by atoms with Crippen LogP contribution in [-0.2, 0) is 27.9 Å². The molecule has 0 heterocycles. The van der Waals surface area contributed by atoms with Gasteiger partial charge in [0.1, 0.15) is 6.10 Å². The molecule has 0 bridgehead atoms. The molecule has 0 rings (SSSR count). The van der Waals surface area contributed by atoms with Crippen molar-refractivity contribution in [1.82, 2.24) is 0 Å². The summed E-state index contributed by atoms with van der Waals surface area (Å²) in [5.41, 5.74) is 5.36. The molecule has 0 aliphatic carbocycles. The largest absolute Gasteiger partial charge is 0.472 e. The van der Waals surface area contributed by atoms with Gasteiger partial charge in [0.15, 0.2) is 0 Å². The Balaban J connectivity index is 4.13. The number of carbonyl (C=O) groups is 1. The Kier molecular flexibility index (Phi) is 42.0. The van der Waals surface area contributed by atoms with Gasteiger partial charge >= 0.3 is 13.8 Å². The van der Waals surface area contributed by atoms with E-state index < -0.39 is 13.9 Å². The first-order valence-corrected chi connectivity index (χ1v) is 23.6. The summed E-state index contributed by atoms with van der Waals surface area (Å²) in [7, 11) is -4.30. The molecule has 0 saturated heterocycles. The van der Waals surface area contributed by atoms with Crippen molar-refractivity contribution in [3.8, 4) is 0 Å². The van der Waals surface area contributed by atoms with Crippen LogP contribution in [-0.4, -0.2) is 49.9 Å². The van der Waals surface area contributed by atoms with Crippen molar-refractivity contribution >= 4 is 13.8 Å². The maximum Gasteiger partial charge on any atom is 0.472 e. The summed E-state index contributed by atoms with van der Waals surface area (Å²) >= 11 is 0. The SMILES string of the molecule is CC/C=C\C/C=C\C/C=C\C/C=C\C/C=C\CCOCC(COP(=O)(O)OCCN)OC(=O)CCCCCCCCCCC/C=C\C/C=C\CCCCCCC. The molecular weight excluding hydrogens is 721 g/mol. The molecule has 0 aliphatic heterocycles. The fourth-order valence-electron chi connectivity index (χ4n) is 5.62. The Morgan fingerprint density at radius 3 is 1.50 bits per heavy atom. The molecule has 0 radical (unpaired) electrons. The van der Waals surface area contributed by atoms with E-state index in [9.17, 15) is 14.3 Å². The maximum absolute atomic E-state index is 12.6. The summed E-state index contributed by atoms with van der Waals surface area (Å²) in [5.74, 6) is -0.362. The highest BCUT2D eigenvalue weighted by molar-refractivity contribution is 7.47. The summed E-state index contributed by atoms with van der Waals surface area (Å²) in [5, 5.41) is 0. The molecule has 56 heavy (non-hydrogen) atoms. The van der Waals surface area contributed by atoms with Gasteiger partial charge in [0.05, 0.1) is 26.4 Å². The van der Waals surface area contributed by atoms with E-state index in [0.717, 1.165) is 57.8 Å². The van der Waals surface area contributed by atoms with Crippen LogP contribution in [0.25, 0.3) is 0 Å². The molecule has 2 atom stereocenters. The van der Waals surface area contributed by atoms with Crippen molar-refractivity contribution < 1.29 is 32.8 Å². The molecule has 0 saturated carbocycles. The predicted octanol–water partition coefficient (Wildman–Crippen LogP) is 13.3. The number of ether oxygens (including phenoxy) is 2. The zero-order valence-electron chi connectivity index (χ0n) is 35.6. The molecule has 0 spiro atoms. The highest BCUT2D eigenvalue weighted by Gasteiger charge is 2.25. The van der Waals surface area contributed by atoms with Crippen LogP contribution in [0.4, 0.5) is 0 Å². The van der Waals surface area contributed by atoms with Crippen LogP contribution in [0, 0.1) is 0 Å². The molecule has 9 heteroatoms. The lowest BCUT2D eigenvalue weighted by Gasteiger charge is -2.19. The number of nitrogens with two attached hydrogens (primary N) is 1. The Morgan fingerprint density at radius 2 is 1.00 bits per heavy atom. The van der Waals surface area contributed by atoms with Gasteiger partial charge < -0.3 is 20.1 Å². The van der Waals surface area contributed by atoms with E-state index in [-0.39, 0.29) is 32.3 Å². The van der Waals surface area contributed by atoms with Crippen LogP contribution in [0.5, 0.6) is 0 Å². The van der Waals surface area contributed by atoms with E-state index in [1.54, 1.807) is 0 Å². The molecule has 0 aliphatic rings. The molecule has 0 fully saturated rings. The Labute approximate surface area is 343 Å². The van der Waals surface area contributed by atoms with Gasteiger partial charge in [-0.1, -0.05) is 170 Å². The molecule has 2 unspecified atom stereocenters. The van der Waals surface area contributed by atoms with Crippen molar-refractivity contribution in [2.45, 2.75) is 174 Å². The van der Waals surface area contributed by atoms with E-state index >= 15 is 0 Å². The molecule has 0 aromatic heterocycles. The molecule has 8 nitrogen and oxygen atoms in total. The Bertz CT molecular complexity index is 1130. The summed E-state index contributed by atoms with van der Waals surface area (Å²) in [4.78, 5) is 22.5. The minimum Gasteiger partial charge on any atom is -0.457 e. The minimum absolute atomic E-state index is 0.0558. The zero-order valence-corrected chi connectivity index (χ0v) is 36.5. The van der Waals surface area contributed by atoms with Crippen molar-refractivity contribution in [2.75, 3.05) is 33.0 Å². The number of carbonyl (C=O) groups excluding carboxylic acids is 1. The number of phosphoric ester groups is 1. The fraction of sp³-hybridized carbons (Fsp3) is 0.681. The lowest BCUT2D eigenvalue weighted by Crippen LogP contribution is -2.28. The molecule has 0 aromatic rings. The smallest absolute Gasteiger partial charge is 0.457 e. The highest BCUT2D eigenvalue weighted by Crippen LogP contribution is 2.43. The predicted molar refractivity (Wildman–Crippen MR) is 238 cm³/mol. The first kappa shape index (κ1) is 53.7. The molecule has 0 aromatic carbocycles. The van der Waals surface area contributed by atoms with Crippen molar-refractivity contribution in [3.63, 3.8) is 0 Å². The average Bonchev–Trinajstić information content (AvgIpc) is 3.19. The average molecular weight is 804 g/mol. The zero-order chi connectivity index (χ0) is 40.9. The van der Waals surface area contributed by atoms with Gasteiger partial charge in [-0.15, -0.1) is 0 Å². The first-order chi connectivity index (χ1) is 27.4. The maximum atomic E-state index is 12.6. The van der Waals surface area contributed by atoms with Gasteiger partial charge in [-0.25, -0.2) is 4.57 Å². The van der Waals surface area contributed by atoms with E-state index in [2.05, 4.69) is 92.8 Å². The van der Waals surface area contributed by atoms with E-state index in [4.69, 9.17) is 24.3 Å². The summed E-state index contributed by atoms with van der Waals surface area (Å²) in [6.45, 7) is 4.54. The van der Waals surface area contributed by atoms with Crippen LogP contribution in [0.3, 0.4) is 0 Å². The number of rotatable bonds is 41. The van der Waals surface area contributed by atoms with Gasteiger partial charge in [0, 0.05) is 13.0 Å². The monoisotopic (exact) mass is 804 g/mol. The van der Waals surface area contributed by atoms with Crippen LogP contribution in [0.1, 0.15) is 168 Å². The van der Waals surface area contributed by atoms with E-state index in [1.165, 1.54) is 83.5 Å². The topological polar surface area (TPSA) is 117 Å². The molecule has 3 N–H and O–H groups in total. The number of phosphoric acid groups is 1. The second-order valence-corrected chi connectivity index (χ2v) is 15.6. The quantitative estimate of drug-likeness (QED) is 0.0272. The third-order valence-corrected chi connectivity index (χ3v) is 9.80. The lowest BCUT2D eigenvalue weighted by molar-refractivity contribution is -0.154. The number of hydrogen-bond donors (Lipinski definition) is 2. The molecule has 322 valence electrons. The number of unbranched alkanes of at least 4 members (excludes halogenated alkanes) is 14. The Hall–Kier alpha value is -2.32. The first-order valence-electron chi connectivity index (χ1n) is 22.1. The summed E-state index contributed by atoms with van der Waals surface area (Å²) < 4.78 is 33.3. The lowest BCUT2D eigenvalue weighted by atomic mass is 10.1. The van der Waals surface area contributed by atoms with Crippen molar-refractivity contribution in [1.29, 1.82) is 0 Å². The second-order valence-electron chi connectivity index (χ2n) is 14.2. The molecular formula is C47H82NO7P. The van der Waals surface area contributed by atoms with E-state index in [1.807, 2.05) is 6.08 Å². The van der Waals surface area contributed by atoms with Gasteiger partial charge in [-0.05, 0) is 77.0 Å². The third kappa shape index (κ3) is 42.8. The minimum atomic E-state index is -4.30. The van der Waals surface area contributed by atoms with Crippen molar-refractivity contribution in [3.05, 3.63) is 85.1 Å². The van der Waals surface area contributed by atoms with Gasteiger partial charge in [0.2, 0.25) is 0 Å². The molecule has 0 amide bonds. The van der Waals surface area contributed by atoms with Crippen LogP contribution >= 0.6 is 7.82 Å². The van der Waals surface area contributed by atoms with Crippen LogP contribution in [0.2, 0.25) is 0 Å². The standard InChI is InChI=1S/C47H82NO7P/c1-3-5-7-9-11-13-15-17-19-21-22-23-24-25-26-28-30-32-34-36-38-40-47(49)55-46(45-54-56(50,51)53-43-41-48)44-52-42-39-37-35-33-31-29-27-20-18-16-14-12-10-8-6-4-2/h6,8,12,14-15,17-18,20-22,29,31,35,37,46H,3-5,7,9-11,13,16,19,23-28,30,32-34,36,38-45,48H2,1-2H3,(H,50,51)/b8-6-,14-12-,17-15-,20-18-,22-21-,31-29-,37-35-. The van der Waals surface area contributed by atoms with Crippen LogP contribution in [0.15, 0.2) is 85.1 Å². The third-order valence-electron chi connectivity index (χ3n) is 8.82. The summed E-state index contributed by atoms with van der Waals surface area (Å²) in [6.07, 6.45) is 56.3. The normalized spacial score (nSPS) is 14.3. The van der Waals surface area contributed by atoms with E-state index in [0.29, 0.717) is 19.4 Å². The van der Waals surface area contributed by atoms with Gasteiger partial charge in [-0.2, -0.15) is 0 Å².